The highest BCUT2D eigenvalue weighted by atomic mass is 32.2. The van der Waals surface area contributed by atoms with Gasteiger partial charge in [-0.3, -0.25) is 4.21 Å². The summed E-state index contributed by atoms with van der Waals surface area (Å²) in [6, 6.07) is 20.1. The molecule has 0 unspecified atom stereocenters. The molecule has 1 atom stereocenters. The number of hydrogen-bond acceptors (Lipinski definition) is 3. The summed E-state index contributed by atoms with van der Waals surface area (Å²) in [5.41, 5.74) is 1.23. The number of benzene rings is 2. The Morgan fingerprint density at radius 3 is 2.25 bits per heavy atom. The molecule has 2 aromatic rings. The van der Waals surface area contributed by atoms with Crippen LogP contribution in [0.2, 0.25) is 0 Å². The van der Waals surface area contributed by atoms with Crippen LogP contribution >= 0.6 is 0 Å². The van der Waals surface area contributed by atoms with E-state index in [0.29, 0.717) is 18.5 Å². The van der Waals surface area contributed by atoms with E-state index in [2.05, 4.69) is 17.0 Å². The SMILES string of the molecule is O=[S@@](CCN1CCC(OCc2ccccc2)CC1)c1ccccc1. The molecule has 24 heavy (non-hydrogen) atoms. The van der Waals surface area contributed by atoms with E-state index < -0.39 is 10.8 Å². The molecular weight excluding hydrogens is 318 g/mol. The molecule has 128 valence electrons. The predicted molar refractivity (Wildman–Crippen MR) is 98.4 cm³/mol. The van der Waals surface area contributed by atoms with Crippen molar-refractivity contribution in [3.05, 3.63) is 66.2 Å². The first-order valence-corrected chi connectivity index (χ1v) is 9.94. The fourth-order valence-corrected chi connectivity index (χ4v) is 4.11. The molecule has 4 heteroatoms. The van der Waals surface area contributed by atoms with Crippen molar-refractivity contribution in [1.82, 2.24) is 4.90 Å². The summed E-state index contributed by atoms with van der Waals surface area (Å²) in [5, 5.41) is 0. The summed E-state index contributed by atoms with van der Waals surface area (Å²) >= 11 is 0. The van der Waals surface area contributed by atoms with E-state index in [1.165, 1.54) is 5.56 Å². The molecule has 3 nitrogen and oxygen atoms in total. The molecule has 0 spiro atoms. The van der Waals surface area contributed by atoms with E-state index in [4.69, 9.17) is 4.74 Å². The van der Waals surface area contributed by atoms with Gasteiger partial charge in [0, 0.05) is 30.3 Å². The van der Waals surface area contributed by atoms with Crippen molar-refractivity contribution in [2.24, 2.45) is 0 Å². The topological polar surface area (TPSA) is 29.5 Å². The highest BCUT2D eigenvalue weighted by Gasteiger charge is 2.20. The Labute approximate surface area is 147 Å². The lowest BCUT2D eigenvalue weighted by molar-refractivity contribution is -0.00128. The first-order valence-electron chi connectivity index (χ1n) is 8.62. The molecule has 0 N–H and O–H groups in total. The number of hydrogen-bond donors (Lipinski definition) is 0. The number of rotatable bonds is 7. The van der Waals surface area contributed by atoms with Crippen molar-refractivity contribution in [1.29, 1.82) is 0 Å². The molecule has 0 bridgehead atoms. The van der Waals surface area contributed by atoms with Crippen molar-refractivity contribution >= 4 is 10.8 Å². The zero-order valence-electron chi connectivity index (χ0n) is 14.0. The molecule has 2 aromatic carbocycles. The first kappa shape index (κ1) is 17.3. The van der Waals surface area contributed by atoms with Crippen molar-refractivity contribution in [2.45, 2.75) is 30.4 Å². The van der Waals surface area contributed by atoms with Crippen molar-refractivity contribution in [2.75, 3.05) is 25.4 Å². The molecule has 0 saturated carbocycles. The maximum atomic E-state index is 12.3. The normalized spacial score (nSPS) is 17.7. The molecule has 0 aromatic heterocycles. The van der Waals surface area contributed by atoms with Gasteiger partial charge in [0.25, 0.3) is 0 Å². The lowest BCUT2D eigenvalue weighted by Gasteiger charge is -2.31. The van der Waals surface area contributed by atoms with Crippen LogP contribution in [0.4, 0.5) is 0 Å². The summed E-state index contributed by atoms with van der Waals surface area (Å²) in [4.78, 5) is 3.34. The molecule has 0 amide bonds. The average Bonchev–Trinajstić information content (AvgIpc) is 2.67. The minimum atomic E-state index is -0.895. The Kier molecular flexibility index (Phi) is 6.58. The summed E-state index contributed by atoms with van der Waals surface area (Å²) in [7, 11) is -0.895. The molecule has 1 fully saturated rings. The average molecular weight is 343 g/mol. The summed E-state index contributed by atoms with van der Waals surface area (Å²) < 4.78 is 18.3. The maximum Gasteiger partial charge on any atom is 0.0720 e. The zero-order chi connectivity index (χ0) is 16.6. The second kappa shape index (κ2) is 9.11. The Morgan fingerprint density at radius 1 is 0.958 bits per heavy atom. The van der Waals surface area contributed by atoms with Gasteiger partial charge in [0.15, 0.2) is 0 Å². The Hall–Kier alpha value is -1.49. The van der Waals surface area contributed by atoms with Gasteiger partial charge in [0.05, 0.1) is 23.5 Å². The van der Waals surface area contributed by atoms with Crippen LogP contribution < -0.4 is 0 Å². The fraction of sp³-hybridized carbons (Fsp3) is 0.400. The third-order valence-electron chi connectivity index (χ3n) is 4.46. The van der Waals surface area contributed by atoms with Gasteiger partial charge < -0.3 is 9.64 Å². The number of ether oxygens (including phenoxy) is 1. The third kappa shape index (κ3) is 5.26. The van der Waals surface area contributed by atoms with E-state index in [9.17, 15) is 4.21 Å². The van der Waals surface area contributed by atoms with Gasteiger partial charge in [-0.25, -0.2) is 0 Å². The molecule has 1 aliphatic heterocycles. The van der Waals surface area contributed by atoms with Gasteiger partial charge in [-0.15, -0.1) is 0 Å². The number of likely N-dealkylation sites (tertiary alicyclic amines) is 1. The lowest BCUT2D eigenvalue weighted by atomic mass is 10.1. The largest absolute Gasteiger partial charge is 0.373 e. The van der Waals surface area contributed by atoms with Crippen LogP contribution in [0.5, 0.6) is 0 Å². The molecular formula is C20H25NO2S. The Morgan fingerprint density at radius 2 is 1.58 bits per heavy atom. The van der Waals surface area contributed by atoms with Crippen LogP contribution in [0.1, 0.15) is 18.4 Å². The smallest absolute Gasteiger partial charge is 0.0720 e. The lowest BCUT2D eigenvalue weighted by Crippen LogP contribution is -2.38. The maximum absolute atomic E-state index is 12.3. The first-order chi connectivity index (χ1) is 11.8. The van der Waals surface area contributed by atoms with Crippen molar-refractivity contribution in [3.63, 3.8) is 0 Å². The van der Waals surface area contributed by atoms with Gasteiger partial charge in [-0.1, -0.05) is 48.5 Å². The summed E-state index contributed by atoms with van der Waals surface area (Å²) in [6.07, 6.45) is 2.47. The number of piperidine rings is 1. The predicted octanol–water partition coefficient (Wildman–Crippen LogP) is 3.48. The Balaban J connectivity index is 1.35. The van der Waals surface area contributed by atoms with Crippen LogP contribution in [-0.2, 0) is 22.1 Å². The summed E-state index contributed by atoms with van der Waals surface area (Å²) in [5.74, 6) is 0.708. The highest BCUT2D eigenvalue weighted by molar-refractivity contribution is 7.85. The van der Waals surface area contributed by atoms with Gasteiger partial charge in [-0.05, 0) is 30.5 Å². The minimum absolute atomic E-state index is 0.348. The van der Waals surface area contributed by atoms with Crippen LogP contribution in [0.25, 0.3) is 0 Å². The minimum Gasteiger partial charge on any atom is -0.373 e. The van der Waals surface area contributed by atoms with Gasteiger partial charge in [-0.2, -0.15) is 0 Å². The number of nitrogens with zero attached hydrogens (tertiary/aromatic N) is 1. The van der Waals surface area contributed by atoms with Crippen LogP contribution in [-0.4, -0.2) is 40.6 Å². The van der Waals surface area contributed by atoms with Crippen molar-refractivity contribution < 1.29 is 8.95 Å². The zero-order valence-corrected chi connectivity index (χ0v) is 14.8. The van der Waals surface area contributed by atoms with E-state index in [1.807, 2.05) is 48.5 Å². The van der Waals surface area contributed by atoms with E-state index in [1.54, 1.807) is 0 Å². The Bertz CT molecular complexity index is 625. The van der Waals surface area contributed by atoms with Crippen LogP contribution in [0, 0.1) is 0 Å². The second-order valence-corrected chi connectivity index (χ2v) is 7.77. The molecule has 1 heterocycles. The molecule has 0 aliphatic carbocycles. The van der Waals surface area contributed by atoms with Gasteiger partial charge >= 0.3 is 0 Å². The molecule has 0 radical (unpaired) electrons. The van der Waals surface area contributed by atoms with Gasteiger partial charge in [0.1, 0.15) is 0 Å². The second-order valence-electron chi connectivity index (χ2n) is 6.20. The van der Waals surface area contributed by atoms with Crippen molar-refractivity contribution in [3.8, 4) is 0 Å². The molecule has 1 aliphatic rings. The quantitative estimate of drug-likeness (QED) is 0.771. The fourth-order valence-electron chi connectivity index (χ4n) is 2.99. The molecule has 1 saturated heterocycles. The summed E-state index contributed by atoms with van der Waals surface area (Å²) in [6.45, 7) is 3.66. The van der Waals surface area contributed by atoms with E-state index in [0.717, 1.165) is 37.4 Å². The third-order valence-corrected chi connectivity index (χ3v) is 5.81. The van der Waals surface area contributed by atoms with E-state index in [-0.39, 0.29) is 0 Å². The van der Waals surface area contributed by atoms with E-state index >= 15 is 0 Å². The standard InChI is InChI=1S/C20H25NO2S/c22-24(20-9-5-2-6-10-20)16-15-21-13-11-19(12-14-21)23-17-18-7-3-1-4-8-18/h1-10,19H,11-17H2/t24-/m0/s1. The highest BCUT2D eigenvalue weighted by Crippen LogP contribution is 2.16. The van der Waals surface area contributed by atoms with Crippen LogP contribution in [0.15, 0.2) is 65.6 Å². The van der Waals surface area contributed by atoms with Crippen LogP contribution in [0.3, 0.4) is 0 Å². The molecule has 3 rings (SSSR count). The monoisotopic (exact) mass is 343 g/mol. The van der Waals surface area contributed by atoms with Gasteiger partial charge in [0.2, 0.25) is 0 Å².